The molecule has 2 aromatic rings. The van der Waals surface area contributed by atoms with Crippen molar-refractivity contribution in [3.63, 3.8) is 0 Å². The molecule has 0 N–H and O–H groups in total. The van der Waals surface area contributed by atoms with Gasteiger partial charge in [-0.05, 0) is 42.3 Å². The Morgan fingerprint density at radius 2 is 1.50 bits per heavy atom. The maximum Gasteiger partial charge on any atom is 0.409 e. The summed E-state index contributed by atoms with van der Waals surface area (Å²) in [5, 5.41) is 0. The van der Waals surface area contributed by atoms with Gasteiger partial charge in [-0.3, -0.25) is 9.10 Å². The summed E-state index contributed by atoms with van der Waals surface area (Å²) in [6.45, 7) is 5.90. The molecule has 0 aromatic heterocycles. The summed E-state index contributed by atoms with van der Waals surface area (Å²) in [4.78, 5) is 28.3. The lowest BCUT2D eigenvalue weighted by Gasteiger charge is -2.34. The molecule has 0 bridgehead atoms. The molecule has 1 aliphatic rings. The fourth-order valence-corrected chi connectivity index (χ4v) is 4.50. The second kappa shape index (κ2) is 10.0. The third kappa shape index (κ3) is 5.40. The number of carbonyl (C=O) groups excluding carboxylic acids is 2. The summed E-state index contributed by atoms with van der Waals surface area (Å²) in [7, 11) is -2.24. The van der Waals surface area contributed by atoms with Crippen LogP contribution in [-0.4, -0.2) is 70.1 Å². The van der Waals surface area contributed by atoms with E-state index < -0.39 is 10.0 Å². The third-order valence-electron chi connectivity index (χ3n) is 5.24. The van der Waals surface area contributed by atoms with Crippen LogP contribution in [0, 0.1) is 5.92 Å². The van der Waals surface area contributed by atoms with E-state index >= 15 is 0 Å². The lowest BCUT2D eigenvalue weighted by molar-refractivity contribution is 0.0535. The number of ether oxygens (including phenoxy) is 1. The predicted molar refractivity (Wildman–Crippen MR) is 122 cm³/mol. The SMILES string of the molecule is CC(C)COC(=O)N1CCN(C(=O)c2ccc(S(=O)(=O)N(C)c3ccccc3)cc2)CC1. The highest BCUT2D eigenvalue weighted by atomic mass is 32.2. The van der Waals surface area contributed by atoms with Gasteiger partial charge in [-0.15, -0.1) is 0 Å². The van der Waals surface area contributed by atoms with E-state index in [9.17, 15) is 18.0 Å². The first-order valence-corrected chi connectivity index (χ1v) is 12.0. The number of amides is 2. The topological polar surface area (TPSA) is 87.2 Å². The van der Waals surface area contributed by atoms with Crippen LogP contribution >= 0.6 is 0 Å². The minimum Gasteiger partial charge on any atom is -0.449 e. The third-order valence-corrected chi connectivity index (χ3v) is 7.04. The zero-order valence-corrected chi connectivity index (χ0v) is 19.4. The molecule has 0 radical (unpaired) electrons. The Morgan fingerprint density at radius 1 is 0.938 bits per heavy atom. The van der Waals surface area contributed by atoms with E-state index in [0.717, 1.165) is 0 Å². The lowest BCUT2D eigenvalue weighted by atomic mass is 10.2. The monoisotopic (exact) mass is 459 g/mol. The van der Waals surface area contributed by atoms with Crippen LogP contribution in [0.25, 0.3) is 0 Å². The second-order valence-electron chi connectivity index (χ2n) is 8.08. The molecule has 0 saturated carbocycles. The minimum absolute atomic E-state index is 0.109. The number of sulfonamides is 1. The highest BCUT2D eigenvalue weighted by Gasteiger charge is 2.27. The molecule has 8 nitrogen and oxygen atoms in total. The van der Waals surface area contributed by atoms with Crippen molar-refractivity contribution in [2.24, 2.45) is 5.92 Å². The van der Waals surface area contributed by atoms with Crippen molar-refractivity contribution in [3.8, 4) is 0 Å². The molecule has 32 heavy (non-hydrogen) atoms. The summed E-state index contributed by atoms with van der Waals surface area (Å²) >= 11 is 0. The second-order valence-corrected chi connectivity index (χ2v) is 10.1. The number of anilines is 1. The van der Waals surface area contributed by atoms with Crippen LogP contribution in [0.5, 0.6) is 0 Å². The number of carbonyl (C=O) groups is 2. The maximum atomic E-state index is 12.9. The number of para-hydroxylation sites is 1. The summed E-state index contributed by atoms with van der Waals surface area (Å²) in [5.74, 6) is 0.0710. The molecular weight excluding hydrogens is 430 g/mol. The fourth-order valence-electron chi connectivity index (χ4n) is 3.31. The average molecular weight is 460 g/mol. The molecule has 9 heteroatoms. The molecule has 0 aliphatic carbocycles. The summed E-state index contributed by atoms with van der Waals surface area (Å²) in [5.41, 5.74) is 0.958. The Kier molecular flexibility index (Phi) is 7.40. The van der Waals surface area contributed by atoms with Gasteiger partial charge in [-0.2, -0.15) is 0 Å². The van der Waals surface area contributed by atoms with Crippen LogP contribution < -0.4 is 4.31 Å². The normalized spacial score (nSPS) is 14.4. The minimum atomic E-state index is -3.74. The van der Waals surface area contributed by atoms with Gasteiger partial charge in [0.2, 0.25) is 0 Å². The van der Waals surface area contributed by atoms with Crippen molar-refractivity contribution in [2.75, 3.05) is 44.1 Å². The van der Waals surface area contributed by atoms with Crippen molar-refractivity contribution < 1.29 is 22.7 Å². The molecule has 1 heterocycles. The number of hydrogen-bond acceptors (Lipinski definition) is 5. The van der Waals surface area contributed by atoms with Gasteiger partial charge in [0.25, 0.3) is 15.9 Å². The molecule has 2 aromatic carbocycles. The van der Waals surface area contributed by atoms with Crippen LogP contribution in [0.2, 0.25) is 0 Å². The molecule has 1 aliphatic heterocycles. The van der Waals surface area contributed by atoms with Crippen molar-refractivity contribution >= 4 is 27.7 Å². The number of nitrogens with zero attached hydrogens (tertiary/aromatic N) is 3. The molecule has 1 fully saturated rings. The van der Waals surface area contributed by atoms with Gasteiger partial charge >= 0.3 is 6.09 Å². The molecule has 172 valence electrons. The lowest BCUT2D eigenvalue weighted by Crippen LogP contribution is -2.50. The smallest absolute Gasteiger partial charge is 0.409 e. The van der Waals surface area contributed by atoms with Gasteiger partial charge in [0.1, 0.15) is 0 Å². The van der Waals surface area contributed by atoms with Gasteiger partial charge in [-0.25, -0.2) is 13.2 Å². The fraction of sp³-hybridized carbons (Fsp3) is 0.391. The highest BCUT2D eigenvalue weighted by Crippen LogP contribution is 2.22. The van der Waals surface area contributed by atoms with Crippen molar-refractivity contribution in [1.29, 1.82) is 0 Å². The maximum absolute atomic E-state index is 12.9. The Balaban J connectivity index is 1.62. The van der Waals surface area contributed by atoms with E-state index in [2.05, 4.69) is 0 Å². The van der Waals surface area contributed by atoms with Gasteiger partial charge in [-0.1, -0.05) is 32.0 Å². The van der Waals surface area contributed by atoms with E-state index in [1.165, 1.54) is 35.6 Å². The van der Waals surface area contributed by atoms with Gasteiger partial charge in [0, 0.05) is 38.8 Å². The van der Waals surface area contributed by atoms with E-state index in [1.807, 2.05) is 19.9 Å². The molecule has 0 unspecified atom stereocenters. The number of rotatable bonds is 6. The Hall–Kier alpha value is -3.07. The molecular formula is C23H29N3O5S. The first-order valence-electron chi connectivity index (χ1n) is 10.5. The molecule has 0 atom stereocenters. The van der Waals surface area contributed by atoms with E-state index in [-0.39, 0.29) is 22.8 Å². The van der Waals surface area contributed by atoms with Crippen molar-refractivity contribution in [1.82, 2.24) is 9.80 Å². The van der Waals surface area contributed by atoms with Crippen LogP contribution in [-0.2, 0) is 14.8 Å². The summed E-state index contributed by atoms with van der Waals surface area (Å²) in [6.07, 6.45) is -0.358. The van der Waals surface area contributed by atoms with Crippen molar-refractivity contribution in [3.05, 3.63) is 60.2 Å². The first-order chi connectivity index (χ1) is 15.2. The van der Waals surface area contributed by atoms with Crippen LogP contribution in [0.4, 0.5) is 10.5 Å². The van der Waals surface area contributed by atoms with Gasteiger partial charge < -0.3 is 14.5 Å². The van der Waals surface area contributed by atoms with Crippen molar-refractivity contribution in [2.45, 2.75) is 18.7 Å². The zero-order chi connectivity index (χ0) is 23.3. The van der Waals surface area contributed by atoms with Gasteiger partial charge in [0.05, 0.1) is 17.2 Å². The van der Waals surface area contributed by atoms with E-state index in [0.29, 0.717) is 44.0 Å². The molecule has 3 rings (SSSR count). The molecule has 2 amide bonds. The molecule has 1 saturated heterocycles. The Bertz CT molecular complexity index is 1030. The van der Waals surface area contributed by atoms with E-state index in [4.69, 9.17) is 4.74 Å². The number of hydrogen-bond donors (Lipinski definition) is 0. The highest BCUT2D eigenvalue weighted by molar-refractivity contribution is 7.92. The van der Waals surface area contributed by atoms with Crippen LogP contribution in [0.1, 0.15) is 24.2 Å². The molecule has 0 spiro atoms. The summed E-state index contributed by atoms with van der Waals surface area (Å²) < 4.78 is 32.2. The zero-order valence-electron chi connectivity index (χ0n) is 18.6. The Morgan fingerprint density at radius 3 is 2.06 bits per heavy atom. The number of piperazine rings is 1. The van der Waals surface area contributed by atoms with Crippen LogP contribution in [0.3, 0.4) is 0 Å². The Labute approximate surface area is 189 Å². The largest absolute Gasteiger partial charge is 0.449 e. The summed E-state index contributed by atoms with van der Waals surface area (Å²) in [6, 6.07) is 14.7. The standard InChI is InChI=1S/C23H29N3O5S/c1-18(2)17-31-23(28)26-15-13-25(14-16-26)22(27)19-9-11-21(12-10-19)32(29,30)24(3)20-7-5-4-6-8-20/h4-12,18H,13-17H2,1-3H3. The van der Waals surface area contributed by atoms with Gasteiger partial charge in [0.15, 0.2) is 0 Å². The quantitative estimate of drug-likeness (QED) is 0.663. The number of benzene rings is 2. The van der Waals surface area contributed by atoms with E-state index in [1.54, 1.807) is 34.1 Å². The average Bonchev–Trinajstić information content (AvgIpc) is 2.82. The predicted octanol–water partition coefficient (Wildman–Crippen LogP) is 3.06. The first kappa shape index (κ1) is 23.6. The van der Waals surface area contributed by atoms with Crippen LogP contribution in [0.15, 0.2) is 59.5 Å².